The van der Waals surface area contributed by atoms with E-state index >= 15 is 0 Å². The van der Waals surface area contributed by atoms with E-state index in [0.717, 1.165) is 18.6 Å². The highest BCUT2D eigenvalue weighted by Crippen LogP contribution is 2.22. The van der Waals surface area contributed by atoms with Gasteiger partial charge in [-0.15, -0.1) is 0 Å². The third kappa shape index (κ3) is 0.763. The third-order valence-electron chi connectivity index (χ3n) is 2.70. The number of allylic oxidation sites excluding steroid dienone is 1. The summed E-state index contributed by atoms with van der Waals surface area (Å²) in [7, 11) is 2.08. The zero-order valence-electron chi connectivity index (χ0n) is 7.57. The molecule has 3 nitrogen and oxygen atoms in total. The van der Waals surface area contributed by atoms with Gasteiger partial charge in [-0.25, -0.2) is 4.98 Å². The lowest BCUT2D eigenvalue weighted by Crippen LogP contribution is -2.00. The second-order valence-electron chi connectivity index (χ2n) is 3.43. The van der Waals surface area contributed by atoms with Crippen molar-refractivity contribution in [2.24, 2.45) is 7.05 Å². The van der Waals surface area contributed by atoms with Crippen molar-refractivity contribution in [1.29, 1.82) is 0 Å². The summed E-state index contributed by atoms with van der Waals surface area (Å²) in [6.07, 6.45) is 10.6. The maximum absolute atomic E-state index is 4.32. The van der Waals surface area contributed by atoms with Crippen LogP contribution in [0.3, 0.4) is 0 Å². The molecule has 0 aromatic carbocycles. The zero-order chi connectivity index (χ0) is 8.84. The average molecular weight is 173 g/mol. The van der Waals surface area contributed by atoms with Gasteiger partial charge in [0.05, 0.1) is 5.69 Å². The Bertz CT molecular complexity index is 487. The van der Waals surface area contributed by atoms with Gasteiger partial charge in [0, 0.05) is 25.1 Å². The molecule has 0 radical (unpaired) electrons. The second kappa shape index (κ2) is 2.25. The van der Waals surface area contributed by atoms with Crippen LogP contribution in [-0.4, -0.2) is 14.0 Å². The van der Waals surface area contributed by atoms with E-state index in [4.69, 9.17) is 0 Å². The number of hydrogen-bond donors (Lipinski definition) is 0. The molecule has 1 aliphatic carbocycles. The largest absolute Gasteiger partial charge is 0.316 e. The first kappa shape index (κ1) is 6.95. The normalized spacial score (nSPS) is 15.2. The van der Waals surface area contributed by atoms with E-state index in [1.807, 2.05) is 12.4 Å². The van der Waals surface area contributed by atoms with E-state index in [2.05, 4.69) is 33.2 Å². The first-order valence-corrected chi connectivity index (χ1v) is 4.55. The van der Waals surface area contributed by atoms with Crippen molar-refractivity contribution >= 4 is 11.9 Å². The van der Waals surface area contributed by atoms with Gasteiger partial charge in [0.2, 0.25) is 5.78 Å². The smallest absolute Gasteiger partial charge is 0.214 e. The van der Waals surface area contributed by atoms with Crippen LogP contribution >= 0.6 is 0 Å². The van der Waals surface area contributed by atoms with E-state index in [0.29, 0.717) is 0 Å². The summed E-state index contributed by atoms with van der Waals surface area (Å²) in [5.74, 6) is 1.04. The van der Waals surface area contributed by atoms with Gasteiger partial charge < -0.3 is 4.57 Å². The van der Waals surface area contributed by atoms with Crippen LogP contribution in [0.4, 0.5) is 0 Å². The molecule has 0 saturated heterocycles. The number of fused-ring (bicyclic) bond motifs is 3. The molecule has 66 valence electrons. The summed E-state index contributed by atoms with van der Waals surface area (Å²) in [6, 6.07) is 0. The van der Waals surface area contributed by atoms with E-state index in [-0.39, 0.29) is 0 Å². The topological polar surface area (TPSA) is 22.2 Å². The molecule has 2 heterocycles. The Morgan fingerprint density at radius 3 is 3.31 bits per heavy atom. The fourth-order valence-corrected chi connectivity index (χ4v) is 2.05. The number of imidazole rings is 2. The van der Waals surface area contributed by atoms with Crippen molar-refractivity contribution < 1.29 is 0 Å². The van der Waals surface area contributed by atoms with Crippen LogP contribution in [0.15, 0.2) is 18.5 Å². The van der Waals surface area contributed by atoms with Crippen LogP contribution < -0.4 is 0 Å². The molecule has 0 unspecified atom stereocenters. The van der Waals surface area contributed by atoms with Crippen molar-refractivity contribution in [2.45, 2.75) is 12.8 Å². The molecule has 0 aliphatic heterocycles. The van der Waals surface area contributed by atoms with Crippen molar-refractivity contribution in [1.82, 2.24) is 14.0 Å². The van der Waals surface area contributed by atoms with E-state index in [1.165, 1.54) is 11.4 Å². The molecular weight excluding hydrogens is 162 g/mol. The summed E-state index contributed by atoms with van der Waals surface area (Å²) >= 11 is 0. The number of aromatic nitrogens is 3. The van der Waals surface area contributed by atoms with E-state index in [1.54, 1.807) is 0 Å². The number of hydrogen-bond acceptors (Lipinski definition) is 1. The van der Waals surface area contributed by atoms with Crippen molar-refractivity contribution in [2.75, 3.05) is 0 Å². The molecule has 3 heteroatoms. The minimum absolute atomic E-state index is 1.04. The fourth-order valence-electron chi connectivity index (χ4n) is 2.05. The van der Waals surface area contributed by atoms with Crippen LogP contribution in [0.2, 0.25) is 0 Å². The summed E-state index contributed by atoms with van der Waals surface area (Å²) in [4.78, 5) is 4.32. The summed E-state index contributed by atoms with van der Waals surface area (Å²) in [6.45, 7) is 0. The Labute approximate surface area is 76.3 Å². The fraction of sp³-hybridized carbons (Fsp3) is 0.300. The molecule has 0 bridgehead atoms. The zero-order valence-corrected chi connectivity index (χ0v) is 7.57. The molecule has 0 N–H and O–H groups in total. The molecule has 1 aliphatic rings. The van der Waals surface area contributed by atoms with E-state index < -0.39 is 0 Å². The molecular formula is C10H11N3. The lowest BCUT2D eigenvalue weighted by Gasteiger charge is -2.06. The van der Waals surface area contributed by atoms with Gasteiger partial charge in [-0.1, -0.05) is 6.08 Å². The monoisotopic (exact) mass is 173 g/mol. The molecule has 0 atom stereocenters. The molecule has 2 aromatic heterocycles. The highest BCUT2D eigenvalue weighted by molar-refractivity contribution is 5.57. The third-order valence-corrected chi connectivity index (χ3v) is 2.70. The predicted molar refractivity (Wildman–Crippen MR) is 51.5 cm³/mol. The molecule has 0 spiro atoms. The van der Waals surface area contributed by atoms with Gasteiger partial charge in [-0.3, -0.25) is 4.40 Å². The lowest BCUT2D eigenvalue weighted by atomic mass is 10.1. The Morgan fingerprint density at radius 2 is 2.38 bits per heavy atom. The minimum atomic E-state index is 1.04. The highest BCUT2D eigenvalue weighted by Gasteiger charge is 2.14. The van der Waals surface area contributed by atoms with Crippen LogP contribution in [0, 0.1) is 0 Å². The predicted octanol–water partition coefficient (Wildman–Crippen LogP) is 1.63. The van der Waals surface area contributed by atoms with Gasteiger partial charge in [0.1, 0.15) is 0 Å². The maximum Gasteiger partial charge on any atom is 0.214 e. The van der Waals surface area contributed by atoms with Crippen molar-refractivity contribution in [3.8, 4) is 0 Å². The first-order chi connectivity index (χ1) is 6.38. The Hall–Kier alpha value is -1.51. The maximum atomic E-state index is 4.32. The second-order valence-corrected chi connectivity index (χ2v) is 3.43. The first-order valence-electron chi connectivity index (χ1n) is 4.55. The lowest BCUT2D eigenvalue weighted by molar-refractivity contribution is 0.817. The quantitative estimate of drug-likeness (QED) is 0.593. The Morgan fingerprint density at radius 1 is 1.46 bits per heavy atom. The average Bonchev–Trinajstić information content (AvgIpc) is 2.72. The SMILES string of the molecule is Cn1c2c(n3ccnc13)C=CCC2. The molecule has 0 saturated carbocycles. The molecule has 0 amide bonds. The van der Waals surface area contributed by atoms with Gasteiger partial charge in [0.15, 0.2) is 0 Å². The van der Waals surface area contributed by atoms with E-state index in [9.17, 15) is 0 Å². The summed E-state index contributed by atoms with van der Waals surface area (Å²) in [5, 5.41) is 0. The molecule has 13 heavy (non-hydrogen) atoms. The van der Waals surface area contributed by atoms with Crippen molar-refractivity contribution in [3.05, 3.63) is 29.9 Å². The van der Waals surface area contributed by atoms with Gasteiger partial charge in [-0.05, 0) is 18.9 Å². The van der Waals surface area contributed by atoms with Crippen molar-refractivity contribution in [3.63, 3.8) is 0 Å². The number of aryl methyl sites for hydroxylation is 1. The Kier molecular flexibility index (Phi) is 1.20. The number of nitrogens with zero attached hydrogens (tertiary/aromatic N) is 3. The molecule has 2 aromatic rings. The number of rotatable bonds is 0. The Balaban J connectivity index is 2.48. The van der Waals surface area contributed by atoms with Crippen LogP contribution in [0.5, 0.6) is 0 Å². The van der Waals surface area contributed by atoms with Crippen LogP contribution in [0.1, 0.15) is 17.8 Å². The van der Waals surface area contributed by atoms with Gasteiger partial charge in [0.25, 0.3) is 0 Å². The van der Waals surface area contributed by atoms with Crippen LogP contribution in [0.25, 0.3) is 11.9 Å². The summed E-state index contributed by atoms with van der Waals surface area (Å²) in [5.41, 5.74) is 2.69. The summed E-state index contributed by atoms with van der Waals surface area (Å²) < 4.78 is 4.32. The molecule has 3 rings (SSSR count). The molecule has 0 fully saturated rings. The van der Waals surface area contributed by atoms with Crippen LogP contribution in [-0.2, 0) is 13.5 Å². The highest BCUT2D eigenvalue weighted by atomic mass is 15.2. The van der Waals surface area contributed by atoms with Gasteiger partial charge >= 0.3 is 0 Å². The minimum Gasteiger partial charge on any atom is -0.316 e. The van der Waals surface area contributed by atoms with Gasteiger partial charge in [-0.2, -0.15) is 0 Å². The standard InChI is InChI=1S/C10H11N3/c1-12-8-4-2-3-5-9(8)13-7-6-11-10(12)13/h3,5-7H,2,4H2,1H3.